The number of anilines is 1. The highest BCUT2D eigenvalue weighted by molar-refractivity contribution is 5.95. The van der Waals surface area contributed by atoms with Gasteiger partial charge in [0.25, 0.3) is 5.91 Å². The van der Waals surface area contributed by atoms with Crippen molar-refractivity contribution in [1.82, 2.24) is 9.88 Å². The van der Waals surface area contributed by atoms with Gasteiger partial charge in [0.15, 0.2) is 0 Å². The Morgan fingerprint density at radius 1 is 1.40 bits per heavy atom. The number of aromatic nitrogens is 1. The van der Waals surface area contributed by atoms with Crippen LogP contribution in [0.25, 0.3) is 0 Å². The van der Waals surface area contributed by atoms with Crippen molar-refractivity contribution >= 4 is 11.7 Å². The molecule has 1 heterocycles. The second-order valence-electron chi connectivity index (χ2n) is 5.82. The fourth-order valence-electron chi connectivity index (χ4n) is 2.71. The van der Waals surface area contributed by atoms with Gasteiger partial charge in [0.2, 0.25) is 0 Å². The van der Waals surface area contributed by atoms with Crippen molar-refractivity contribution in [2.24, 2.45) is 5.84 Å². The van der Waals surface area contributed by atoms with Gasteiger partial charge in [-0.05, 0) is 30.9 Å². The number of nitrogens with two attached hydrogens (primary N) is 1. The van der Waals surface area contributed by atoms with Gasteiger partial charge in [-0.15, -0.1) is 0 Å². The number of nitrogen functional groups attached to an aromatic ring is 1. The summed E-state index contributed by atoms with van der Waals surface area (Å²) in [6, 6.07) is 3.96. The van der Waals surface area contributed by atoms with Gasteiger partial charge in [0, 0.05) is 24.3 Å². The lowest BCUT2D eigenvalue weighted by atomic mass is 10.1. The Morgan fingerprint density at radius 3 is 2.60 bits per heavy atom. The molecule has 1 aliphatic carbocycles. The van der Waals surface area contributed by atoms with Gasteiger partial charge in [-0.2, -0.15) is 0 Å². The van der Waals surface area contributed by atoms with Crippen LogP contribution in [-0.4, -0.2) is 28.9 Å². The Hall–Kier alpha value is -1.62. The van der Waals surface area contributed by atoms with Crippen molar-refractivity contribution in [3.05, 3.63) is 23.4 Å². The van der Waals surface area contributed by atoms with Crippen LogP contribution in [-0.2, 0) is 0 Å². The fourth-order valence-corrected chi connectivity index (χ4v) is 2.71. The quantitative estimate of drug-likeness (QED) is 0.655. The number of carbonyl (C=O) groups excluding carboxylic acids is 1. The molecule has 0 aliphatic heterocycles. The van der Waals surface area contributed by atoms with Crippen LogP contribution in [0, 0.1) is 0 Å². The molecule has 0 radical (unpaired) electrons. The molecule has 1 aromatic rings. The van der Waals surface area contributed by atoms with Crippen molar-refractivity contribution in [2.45, 2.75) is 51.5 Å². The lowest BCUT2D eigenvalue weighted by Crippen LogP contribution is -2.35. The molecule has 5 heteroatoms. The highest BCUT2D eigenvalue weighted by Gasteiger charge is 2.25. The largest absolute Gasteiger partial charge is 0.339 e. The molecule has 110 valence electrons. The van der Waals surface area contributed by atoms with Crippen molar-refractivity contribution in [1.29, 1.82) is 0 Å². The average Bonchev–Trinajstić information content (AvgIpc) is 2.99. The van der Waals surface area contributed by atoms with E-state index in [4.69, 9.17) is 5.84 Å². The Labute approximate surface area is 120 Å². The monoisotopic (exact) mass is 276 g/mol. The average molecular weight is 276 g/mol. The molecule has 0 saturated heterocycles. The van der Waals surface area contributed by atoms with Crippen LogP contribution in [0.5, 0.6) is 0 Å². The molecule has 0 spiro atoms. The number of hydrogen-bond donors (Lipinski definition) is 2. The number of nitrogens with zero attached hydrogens (tertiary/aromatic N) is 2. The predicted molar refractivity (Wildman–Crippen MR) is 80.5 cm³/mol. The first-order valence-electron chi connectivity index (χ1n) is 7.28. The second-order valence-corrected chi connectivity index (χ2v) is 5.82. The molecule has 1 fully saturated rings. The number of hydrazine groups is 1. The van der Waals surface area contributed by atoms with Gasteiger partial charge in [0.1, 0.15) is 5.82 Å². The van der Waals surface area contributed by atoms with Gasteiger partial charge in [-0.3, -0.25) is 4.79 Å². The molecule has 2 rings (SSSR count). The highest BCUT2D eigenvalue weighted by atomic mass is 16.2. The summed E-state index contributed by atoms with van der Waals surface area (Å²) in [6.07, 6.45) is 4.63. The normalized spacial score (nSPS) is 15.7. The van der Waals surface area contributed by atoms with E-state index in [1.165, 1.54) is 12.8 Å². The van der Waals surface area contributed by atoms with Gasteiger partial charge >= 0.3 is 0 Å². The first-order valence-corrected chi connectivity index (χ1v) is 7.28. The molecule has 1 saturated carbocycles. The molecule has 0 atom stereocenters. The Kier molecular flexibility index (Phi) is 4.60. The van der Waals surface area contributed by atoms with Crippen LogP contribution < -0.4 is 11.3 Å². The molecule has 1 aromatic heterocycles. The van der Waals surface area contributed by atoms with Crippen molar-refractivity contribution < 1.29 is 4.79 Å². The van der Waals surface area contributed by atoms with Crippen LogP contribution >= 0.6 is 0 Å². The smallest absolute Gasteiger partial charge is 0.254 e. The van der Waals surface area contributed by atoms with E-state index in [1.807, 2.05) is 18.0 Å². The third kappa shape index (κ3) is 3.10. The standard InChI is InChI=1S/C15H24N4O/c1-10(2)13-8-11(9-14(17-13)18-16)15(20)19(3)12-6-4-5-7-12/h8-10,12H,4-7,16H2,1-3H3,(H,17,18). The molecular weight excluding hydrogens is 252 g/mol. The third-order valence-electron chi connectivity index (χ3n) is 4.02. The summed E-state index contributed by atoms with van der Waals surface area (Å²) in [5, 5.41) is 0. The topological polar surface area (TPSA) is 71.2 Å². The minimum atomic E-state index is 0.0534. The van der Waals surface area contributed by atoms with Crippen molar-refractivity contribution in [3.63, 3.8) is 0 Å². The lowest BCUT2D eigenvalue weighted by molar-refractivity contribution is 0.0735. The lowest BCUT2D eigenvalue weighted by Gasteiger charge is -2.25. The third-order valence-corrected chi connectivity index (χ3v) is 4.02. The van der Waals surface area contributed by atoms with E-state index < -0.39 is 0 Å². The Morgan fingerprint density at radius 2 is 2.05 bits per heavy atom. The summed E-state index contributed by atoms with van der Waals surface area (Å²) < 4.78 is 0. The molecular formula is C15H24N4O. The Bertz CT molecular complexity index is 481. The van der Waals surface area contributed by atoms with E-state index in [9.17, 15) is 4.79 Å². The van der Waals surface area contributed by atoms with E-state index in [1.54, 1.807) is 6.07 Å². The molecule has 0 aromatic carbocycles. The van der Waals surface area contributed by atoms with Crippen LogP contribution in [0.1, 0.15) is 61.5 Å². The van der Waals surface area contributed by atoms with Crippen LogP contribution in [0.3, 0.4) is 0 Å². The number of amides is 1. The maximum Gasteiger partial charge on any atom is 0.254 e. The van der Waals surface area contributed by atoms with Gasteiger partial charge in [0.05, 0.1) is 0 Å². The molecule has 3 N–H and O–H groups in total. The van der Waals surface area contributed by atoms with Crippen LogP contribution in [0.4, 0.5) is 5.82 Å². The summed E-state index contributed by atoms with van der Waals surface area (Å²) in [5.74, 6) is 6.30. The summed E-state index contributed by atoms with van der Waals surface area (Å²) in [6.45, 7) is 4.11. The van der Waals surface area contributed by atoms with Crippen LogP contribution in [0.15, 0.2) is 12.1 Å². The summed E-state index contributed by atoms with van der Waals surface area (Å²) in [4.78, 5) is 18.9. The Balaban J connectivity index is 2.26. The zero-order valence-corrected chi connectivity index (χ0v) is 12.5. The van der Waals surface area contributed by atoms with Crippen LogP contribution in [0.2, 0.25) is 0 Å². The first-order chi connectivity index (χ1) is 9.52. The minimum Gasteiger partial charge on any atom is -0.339 e. The number of pyridine rings is 1. The highest BCUT2D eigenvalue weighted by Crippen LogP contribution is 2.25. The molecule has 1 amide bonds. The van der Waals surface area contributed by atoms with E-state index in [0.717, 1.165) is 18.5 Å². The zero-order chi connectivity index (χ0) is 14.7. The molecule has 0 bridgehead atoms. The van der Waals surface area contributed by atoms with Crippen molar-refractivity contribution in [3.8, 4) is 0 Å². The van der Waals surface area contributed by atoms with Crippen molar-refractivity contribution in [2.75, 3.05) is 12.5 Å². The number of hydrogen-bond acceptors (Lipinski definition) is 4. The maximum atomic E-state index is 12.6. The molecule has 0 unspecified atom stereocenters. The van der Waals surface area contributed by atoms with E-state index in [0.29, 0.717) is 17.4 Å². The van der Waals surface area contributed by atoms with E-state index >= 15 is 0 Å². The van der Waals surface area contributed by atoms with Gasteiger partial charge < -0.3 is 10.3 Å². The zero-order valence-electron chi connectivity index (χ0n) is 12.5. The predicted octanol–water partition coefficient (Wildman–Crippen LogP) is 2.51. The minimum absolute atomic E-state index is 0.0534. The van der Waals surface area contributed by atoms with Gasteiger partial charge in [-0.25, -0.2) is 10.8 Å². The maximum absolute atomic E-state index is 12.6. The number of rotatable bonds is 4. The number of carbonyl (C=O) groups is 1. The summed E-state index contributed by atoms with van der Waals surface area (Å²) >= 11 is 0. The molecule has 20 heavy (non-hydrogen) atoms. The second kappa shape index (κ2) is 6.22. The summed E-state index contributed by atoms with van der Waals surface area (Å²) in [7, 11) is 1.89. The summed E-state index contributed by atoms with van der Waals surface area (Å²) in [5.41, 5.74) is 4.08. The molecule has 5 nitrogen and oxygen atoms in total. The van der Waals surface area contributed by atoms with Gasteiger partial charge in [-0.1, -0.05) is 26.7 Å². The SMILES string of the molecule is CC(C)c1cc(C(=O)N(C)C2CCCC2)cc(NN)n1. The van der Waals surface area contributed by atoms with E-state index in [-0.39, 0.29) is 11.8 Å². The fraction of sp³-hybridized carbons (Fsp3) is 0.600. The number of nitrogens with one attached hydrogen (secondary N) is 1. The first kappa shape index (κ1) is 14.8. The molecule has 1 aliphatic rings. The van der Waals surface area contributed by atoms with E-state index in [2.05, 4.69) is 24.3 Å².